The van der Waals surface area contributed by atoms with E-state index in [1.165, 1.54) is 12.1 Å². The second kappa shape index (κ2) is 5.59. The Hall–Kier alpha value is 0.0664. The molecule has 0 aromatic heterocycles. The number of ketones is 1. The van der Waals surface area contributed by atoms with Gasteiger partial charge in [0.05, 0.1) is 4.90 Å². The minimum Gasteiger partial charge on any atom is -0.744 e. The van der Waals surface area contributed by atoms with Crippen molar-refractivity contribution in [2.45, 2.75) is 17.4 Å². The van der Waals surface area contributed by atoms with Crippen molar-refractivity contribution >= 4 is 21.6 Å². The first-order valence-corrected chi connectivity index (χ1v) is 6.10. The van der Waals surface area contributed by atoms with Gasteiger partial charge >= 0.3 is 51.4 Å². The Labute approximate surface area is 146 Å². The smallest absolute Gasteiger partial charge is 0.744 e. The third kappa shape index (κ3) is 2.80. The fourth-order valence-electron chi connectivity index (χ4n) is 1.81. The number of Topliss-reactive ketones (excluding diaryl/α,β-unsaturated/α-hetero) is 1. The van der Waals surface area contributed by atoms with Crippen molar-refractivity contribution in [2.24, 2.45) is 0 Å². The van der Waals surface area contributed by atoms with Crippen molar-refractivity contribution in [1.82, 2.24) is 0 Å². The first-order valence-electron chi connectivity index (χ1n) is 4.69. The maximum absolute atomic E-state index is 11.6. The molecule has 0 fully saturated rings. The van der Waals surface area contributed by atoms with Crippen LogP contribution in [0.25, 0.3) is 0 Å². The summed E-state index contributed by atoms with van der Waals surface area (Å²) in [5, 5.41) is 16.8. The first-order chi connectivity index (χ1) is 7.82. The predicted octanol–water partition coefficient (Wildman–Crippen LogP) is -3.29. The minimum atomic E-state index is -4.69. The van der Waals surface area contributed by atoms with E-state index in [9.17, 15) is 22.9 Å². The van der Waals surface area contributed by atoms with Crippen LogP contribution in [0, 0.1) is 5.41 Å². The Balaban J connectivity index is 0.00000162. The molecule has 0 radical (unpaired) electrons. The molecule has 0 amide bonds. The molecule has 90 valence electrons. The van der Waals surface area contributed by atoms with Crippen LogP contribution in [-0.2, 0) is 16.5 Å². The number of carbonyl (C=O) groups is 1. The molecule has 6 nitrogen and oxygen atoms in total. The van der Waals surface area contributed by atoms with E-state index in [1.54, 1.807) is 0 Å². The van der Waals surface area contributed by atoms with Gasteiger partial charge < -0.3 is 15.1 Å². The molecule has 1 atom stereocenters. The molecule has 1 aromatic carbocycles. The molecule has 1 aliphatic rings. The van der Waals surface area contributed by atoms with Crippen molar-refractivity contribution < 1.29 is 74.3 Å². The van der Waals surface area contributed by atoms with Crippen LogP contribution in [0.3, 0.4) is 0 Å². The molecule has 0 spiro atoms. The van der Waals surface area contributed by atoms with E-state index in [2.05, 4.69) is 0 Å². The largest absolute Gasteiger partial charge is 1.00 e. The summed E-state index contributed by atoms with van der Waals surface area (Å²) in [6.07, 6.45) is -1.76. The summed E-state index contributed by atoms with van der Waals surface area (Å²) < 4.78 is 33.0. The molecule has 0 aliphatic heterocycles. The van der Waals surface area contributed by atoms with Gasteiger partial charge in [0, 0.05) is 17.7 Å². The van der Waals surface area contributed by atoms with Gasteiger partial charge in [-0.3, -0.25) is 4.79 Å². The summed E-state index contributed by atoms with van der Waals surface area (Å²) in [4.78, 5) is 11.1. The van der Waals surface area contributed by atoms with Gasteiger partial charge in [-0.2, -0.15) is 0 Å². The molecule has 8 heteroatoms. The summed E-state index contributed by atoms with van der Waals surface area (Å²) in [6, 6.07) is 3.70. The van der Waals surface area contributed by atoms with Crippen LogP contribution < -0.4 is 51.4 Å². The van der Waals surface area contributed by atoms with E-state index in [4.69, 9.17) is 5.41 Å². The maximum Gasteiger partial charge on any atom is 1.00 e. The Kier molecular flexibility index (Phi) is 5.01. The predicted molar refractivity (Wildman–Crippen MR) is 56.2 cm³/mol. The second-order valence-electron chi connectivity index (χ2n) is 3.71. The first kappa shape index (κ1) is 16.1. The number of nitrogens with one attached hydrogen (secondary N) is 1. The van der Waals surface area contributed by atoms with Gasteiger partial charge in [0.15, 0.2) is 11.9 Å². The molecule has 2 rings (SSSR count). The maximum atomic E-state index is 11.6. The van der Waals surface area contributed by atoms with Crippen LogP contribution in [0.1, 0.15) is 15.9 Å². The summed E-state index contributed by atoms with van der Waals surface area (Å²) in [5.74, 6) is -0.748. The van der Waals surface area contributed by atoms with Crippen LogP contribution >= 0.6 is 0 Å². The molecule has 1 aliphatic carbocycles. The third-order valence-electron chi connectivity index (χ3n) is 2.61. The number of hydrogen-bond donors (Lipinski definition) is 2. The number of carbonyl (C=O) groups excluding carboxylic acids is 1. The van der Waals surface area contributed by atoms with Crippen molar-refractivity contribution in [1.29, 1.82) is 5.41 Å². The molecule has 0 saturated heterocycles. The van der Waals surface area contributed by atoms with E-state index in [-0.39, 0.29) is 74.6 Å². The number of rotatable bonds is 1. The van der Waals surface area contributed by atoms with Gasteiger partial charge in [-0.05, 0) is 11.6 Å². The van der Waals surface area contributed by atoms with Gasteiger partial charge in [-0.1, -0.05) is 12.1 Å². The van der Waals surface area contributed by atoms with Gasteiger partial charge in [-0.15, -0.1) is 0 Å². The number of fused-ring (bicyclic) bond motifs is 1. The van der Waals surface area contributed by atoms with Gasteiger partial charge in [0.2, 0.25) is 0 Å². The van der Waals surface area contributed by atoms with Gasteiger partial charge in [0.25, 0.3) is 0 Å². The minimum absolute atomic E-state index is 0. The zero-order valence-corrected chi connectivity index (χ0v) is 13.4. The Bertz CT molecular complexity index is 625. The van der Waals surface area contributed by atoms with Crippen LogP contribution in [0.15, 0.2) is 23.1 Å². The van der Waals surface area contributed by atoms with E-state index in [0.29, 0.717) is 0 Å². The Morgan fingerprint density at radius 3 is 2.56 bits per heavy atom. The molecular formula is C10H8KNO5S. The van der Waals surface area contributed by atoms with E-state index in [1.807, 2.05) is 0 Å². The fourth-order valence-corrected chi connectivity index (χ4v) is 2.53. The molecule has 1 aromatic rings. The molecule has 2 N–H and O–H groups in total. The number of aliphatic hydroxyl groups excluding tert-OH is 1. The topological polar surface area (TPSA) is 118 Å². The number of benzene rings is 1. The van der Waals surface area contributed by atoms with Crippen LogP contribution in [0.5, 0.6) is 0 Å². The quantitative estimate of drug-likeness (QED) is 0.416. The van der Waals surface area contributed by atoms with Crippen molar-refractivity contribution in [3.8, 4) is 0 Å². The average molecular weight is 293 g/mol. The Morgan fingerprint density at radius 2 is 2.00 bits per heavy atom. The zero-order valence-electron chi connectivity index (χ0n) is 9.50. The van der Waals surface area contributed by atoms with Crippen LogP contribution in [-0.4, -0.2) is 35.7 Å². The molecular weight excluding hydrogens is 285 g/mol. The number of aliphatic hydroxyl groups is 1. The Morgan fingerprint density at radius 1 is 1.39 bits per heavy atom. The second-order valence-corrected chi connectivity index (χ2v) is 5.05. The van der Waals surface area contributed by atoms with E-state index >= 15 is 0 Å². The summed E-state index contributed by atoms with van der Waals surface area (Å²) in [6.45, 7) is 0. The molecule has 1 unspecified atom stereocenters. The van der Waals surface area contributed by atoms with Crippen molar-refractivity contribution in [3.05, 3.63) is 29.3 Å². The average Bonchev–Trinajstić information content (AvgIpc) is 2.24. The normalized spacial score (nSPS) is 19.1. The summed E-state index contributed by atoms with van der Waals surface area (Å²) >= 11 is 0. The molecule has 0 saturated carbocycles. The van der Waals surface area contributed by atoms with Crippen molar-refractivity contribution in [2.75, 3.05) is 0 Å². The fraction of sp³-hybridized carbons (Fsp3) is 0.200. The van der Waals surface area contributed by atoms with Crippen LogP contribution in [0.2, 0.25) is 0 Å². The van der Waals surface area contributed by atoms with Crippen molar-refractivity contribution in [3.63, 3.8) is 0 Å². The van der Waals surface area contributed by atoms with Gasteiger partial charge in [-0.25, -0.2) is 8.42 Å². The number of hydrogen-bond acceptors (Lipinski definition) is 6. The third-order valence-corrected chi connectivity index (χ3v) is 3.53. The zero-order chi connectivity index (χ0) is 12.8. The SMILES string of the molecule is N=C1Cc2c(cccc2S(=O)(=O)[O-])C(=O)C1O.[K+]. The molecule has 0 heterocycles. The monoisotopic (exact) mass is 293 g/mol. The molecule has 0 bridgehead atoms. The van der Waals surface area contributed by atoms with E-state index < -0.39 is 26.9 Å². The molecule has 18 heavy (non-hydrogen) atoms. The summed E-state index contributed by atoms with van der Waals surface area (Å²) in [7, 11) is -4.69. The van der Waals surface area contributed by atoms with E-state index in [0.717, 1.165) is 6.07 Å². The standard InChI is InChI=1S/C10H9NO5S.K/c11-7-4-6-5(9(12)10(7)13)2-1-3-8(6)17(14,15)16;/h1-3,10-11,13H,4H2,(H,14,15,16);/q;+1/p-1. The van der Waals surface area contributed by atoms with Crippen LogP contribution in [0.4, 0.5) is 0 Å². The summed E-state index contributed by atoms with van der Waals surface area (Å²) in [5.41, 5.74) is -0.313. The van der Waals surface area contributed by atoms with Gasteiger partial charge in [0.1, 0.15) is 10.1 Å².